The zero-order chi connectivity index (χ0) is 13.2. The monoisotopic (exact) mass is 283 g/mol. The lowest BCUT2D eigenvalue weighted by molar-refractivity contribution is -0.131. The Kier molecular flexibility index (Phi) is 4.34. The predicted octanol–water partition coefficient (Wildman–Crippen LogP) is 0.588. The van der Waals surface area contributed by atoms with E-state index in [0.717, 1.165) is 38.1 Å². The van der Waals surface area contributed by atoms with Gasteiger partial charge in [-0.3, -0.25) is 9.69 Å². The Morgan fingerprint density at radius 2 is 1.79 bits per heavy atom. The van der Waals surface area contributed by atoms with E-state index in [1.54, 1.807) is 11.8 Å². The van der Waals surface area contributed by atoms with E-state index in [1.807, 2.05) is 11.2 Å². The van der Waals surface area contributed by atoms with Crippen LogP contribution >= 0.6 is 11.8 Å². The Hall–Kier alpha value is -0.260. The molecule has 1 atom stereocenters. The molecule has 0 radical (unpaired) electrons. The van der Waals surface area contributed by atoms with Crippen LogP contribution < -0.4 is 0 Å². The second-order valence-electron chi connectivity index (χ2n) is 6.06. The van der Waals surface area contributed by atoms with Gasteiger partial charge in [0, 0.05) is 38.8 Å². The molecule has 4 fully saturated rings. The minimum Gasteiger partial charge on any atom is -0.339 e. The number of thioether (sulfide) groups is 1. The first-order valence-electron chi connectivity index (χ1n) is 7.51. The number of carbonyl (C=O) groups excluding carboxylic acids is 1. The van der Waals surface area contributed by atoms with Crippen LogP contribution in [-0.4, -0.2) is 84.5 Å². The standard InChI is InChI=1S/C14H25N3OS/c1-19-11-14(18)17-8-6-16(7-9-17)13-10-15-4-2-12(13)3-5-15/h12-13H,2-11H2,1H3/t13-/m0/s1. The molecule has 4 rings (SSSR count). The molecular formula is C14H25N3OS. The first-order chi connectivity index (χ1) is 9.28. The first-order valence-corrected chi connectivity index (χ1v) is 8.90. The van der Waals surface area contributed by atoms with E-state index in [2.05, 4.69) is 9.80 Å². The Balaban J connectivity index is 1.51. The van der Waals surface area contributed by atoms with Gasteiger partial charge >= 0.3 is 0 Å². The van der Waals surface area contributed by atoms with E-state index in [1.165, 1.54) is 32.5 Å². The van der Waals surface area contributed by atoms with E-state index >= 15 is 0 Å². The predicted molar refractivity (Wildman–Crippen MR) is 79.5 cm³/mol. The molecule has 108 valence electrons. The minimum absolute atomic E-state index is 0.320. The Labute approximate surface area is 120 Å². The summed E-state index contributed by atoms with van der Waals surface area (Å²) in [6, 6.07) is 0.764. The summed E-state index contributed by atoms with van der Waals surface area (Å²) in [6.07, 6.45) is 4.77. The number of piperidine rings is 3. The number of nitrogens with zero attached hydrogens (tertiary/aromatic N) is 3. The highest BCUT2D eigenvalue weighted by molar-refractivity contribution is 7.99. The van der Waals surface area contributed by atoms with Crippen molar-refractivity contribution < 1.29 is 4.79 Å². The van der Waals surface area contributed by atoms with Crippen molar-refractivity contribution in [3.8, 4) is 0 Å². The van der Waals surface area contributed by atoms with Crippen molar-refractivity contribution in [3.63, 3.8) is 0 Å². The van der Waals surface area contributed by atoms with E-state index in [0.29, 0.717) is 11.7 Å². The molecule has 4 aliphatic rings. The van der Waals surface area contributed by atoms with Gasteiger partial charge in [0.2, 0.25) is 5.91 Å². The first kappa shape index (κ1) is 13.7. The third-order valence-corrected chi connectivity index (χ3v) is 5.56. The van der Waals surface area contributed by atoms with Gasteiger partial charge < -0.3 is 9.80 Å². The molecule has 0 aromatic rings. The van der Waals surface area contributed by atoms with Crippen LogP contribution in [0, 0.1) is 5.92 Å². The molecule has 0 saturated carbocycles. The summed E-state index contributed by atoms with van der Waals surface area (Å²) in [6.45, 7) is 7.92. The third-order valence-electron chi connectivity index (χ3n) is 5.03. The smallest absolute Gasteiger partial charge is 0.232 e. The highest BCUT2D eigenvalue weighted by Gasteiger charge is 2.38. The van der Waals surface area contributed by atoms with Crippen LogP contribution in [0.3, 0.4) is 0 Å². The number of rotatable bonds is 3. The minimum atomic E-state index is 0.320. The summed E-state index contributed by atoms with van der Waals surface area (Å²) in [4.78, 5) is 19.2. The van der Waals surface area contributed by atoms with Gasteiger partial charge in [0.25, 0.3) is 0 Å². The van der Waals surface area contributed by atoms with Crippen molar-refractivity contribution in [1.29, 1.82) is 0 Å². The highest BCUT2D eigenvalue weighted by Crippen LogP contribution is 2.31. The normalized spacial score (nSPS) is 35.6. The topological polar surface area (TPSA) is 26.8 Å². The molecule has 4 saturated heterocycles. The highest BCUT2D eigenvalue weighted by atomic mass is 32.2. The molecule has 19 heavy (non-hydrogen) atoms. The molecule has 0 unspecified atom stereocenters. The zero-order valence-corrected chi connectivity index (χ0v) is 12.7. The molecule has 0 aromatic carbocycles. The average Bonchev–Trinajstić information content (AvgIpc) is 2.49. The van der Waals surface area contributed by atoms with Crippen LogP contribution in [0.15, 0.2) is 0 Å². The van der Waals surface area contributed by atoms with E-state index in [9.17, 15) is 4.79 Å². The second-order valence-corrected chi connectivity index (χ2v) is 6.92. The molecular weight excluding hydrogens is 258 g/mol. The summed E-state index contributed by atoms with van der Waals surface area (Å²) in [7, 11) is 0. The molecule has 4 heterocycles. The molecule has 5 heteroatoms. The van der Waals surface area contributed by atoms with Gasteiger partial charge in [-0.05, 0) is 38.1 Å². The number of amides is 1. The van der Waals surface area contributed by atoms with E-state index < -0.39 is 0 Å². The number of fused-ring (bicyclic) bond motifs is 3. The van der Waals surface area contributed by atoms with Gasteiger partial charge in [-0.2, -0.15) is 11.8 Å². The maximum atomic E-state index is 11.9. The zero-order valence-electron chi connectivity index (χ0n) is 11.9. The van der Waals surface area contributed by atoms with Gasteiger partial charge in [-0.1, -0.05) is 0 Å². The van der Waals surface area contributed by atoms with Crippen LogP contribution in [0.2, 0.25) is 0 Å². The van der Waals surface area contributed by atoms with Gasteiger partial charge in [0.15, 0.2) is 0 Å². The molecule has 2 bridgehead atoms. The summed E-state index contributed by atoms with van der Waals surface area (Å²) < 4.78 is 0. The molecule has 0 aromatic heterocycles. The molecule has 0 spiro atoms. The molecule has 0 N–H and O–H groups in total. The summed E-state index contributed by atoms with van der Waals surface area (Å²) in [5.74, 6) is 1.87. The Bertz CT molecular complexity index is 323. The summed E-state index contributed by atoms with van der Waals surface area (Å²) in [5, 5.41) is 0. The molecule has 4 nitrogen and oxygen atoms in total. The molecule has 0 aliphatic carbocycles. The maximum absolute atomic E-state index is 11.9. The van der Waals surface area contributed by atoms with Gasteiger partial charge in [-0.15, -0.1) is 0 Å². The van der Waals surface area contributed by atoms with Crippen molar-refractivity contribution in [3.05, 3.63) is 0 Å². The van der Waals surface area contributed by atoms with Gasteiger partial charge in [0.05, 0.1) is 5.75 Å². The third kappa shape index (κ3) is 2.93. The number of hydrogen-bond acceptors (Lipinski definition) is 4. The Morgan fingerprint density at radius 3 is 2.32 bits per heavy atom. The molecule has 4 aliphatic heterocycles. The number of piperazine rings is 1. The van der Waals surface area contributed by atoms with Crippen LogP contribution in [0.4, 0.5) is 0 Å². The van der Waals surface area contributed by atoms with E-state index in [-0.39, 0.29) is 0 Å². The van der Waals surface area contributed by atoms with Crippen molar-refractivity contribution >= 4 is 17.7 Å². The van der Waals surface area contributed by atoms with Gasteiger partial charge in [0.1, 0.15) is 0 Å². The summed E-state index contributed by atoms with van der Waals surface area (Å²) >= 11 is 1.63. The quantitative estimate of drug-likeness (QED) is 0.757. The SMILES string of the molecule is CSCC(=O)N1CCN([C@H]2CN3CCC2CC3)CC1. The number of hydrogen-bond donors (Lipinski definition) is 0. The Morgan fingerprint density at radius 1 is 1.11 bits per heavy atom. The van der Waals surface area contributed by atoms with Crippen LogP contribution in [0.5, 0.6) is 0 Å². The fourth-order valence-corrected chi connectivity index (χ4v) is 4.29. The average molecular weight is 283 g/mol. The lowest BCUT2D eigenvalue weighted by Gasteiger charge is -2.51. The van der Waals surface area contributed by atoms with Crippen LogP contribution in [0.25, 0.3) is 0 Å². The second kappa shape index (κ2) is 6.02. The van der Waals surface area contributed by atoms with Crippen LogP contribution in [0.1, 0.15) is 12.8 Å². The fraction of sp³-hybridized carbons (Fsp3) is 0.929. The molecule has 1 amide bonds. The van der Waals surface area contributed by atoms with Crippen molar-refractivity contribution in [2.24, 2.45) is 5.92 Å². The van der Waals surface area contributed by atoms with Crippen molar-refractivity contribution in [1.82, 2.24) is 14.7 Å². The summed E-state index contributed by atoms with van der Waals surface area (Å²) in [5.41, 5.74) is 0. The number of carbonyl (C=O) groups is 1. The largest absolute Gasteiger partial charge is 0.339 e. The lowest BCUT2D eigenvalue weighted by atomic mass is 9.83. The van der Waals surface area contributed by atoms with E-state index in [4.69, 9.17) is 0 Å². The van der Waals surface area contributed by atoms with Crippen molar-refractivity contribution in [2.45, 2.75) is 18.9 Å². The lowest BCUT2D eigenvalue weighted by Crippen LogP contribution is -2.61. The fourth-order valence-electron chi connectivity index (χ4n) is 3.87. The maximum Gasteiger partial charge on any atom is 0.232 e. The van der Waals surface area contributed by atoms with Gasteiger partial charge in [-0.25, -0.2) is 0 Å². The van der Waals surface area contributed by atoms with Crippen LogP contribution in [-0.2, 0) is 4.79 Å². The van der Waals surface area contributed by atoms with Crippen molar-refractivity contribution in [2.75, 3.05) is 57.8 Å².